The highest BCUT2D eigenvalue weighted by molar-refractivity contribution is 5.70. The average Bonchev–Trinajstić information content (AvgIpc) is 3.40. The van der Waals surface area contributed by atoms with Gasteiger partial charge in [0.05, 0.1) is 40.3 Å². The fourth-order valence-corrected chi connectivity index (χ4v) is 8.03. The van der Waals surface area contributed by atoms with Crippen LogP contribution >= 0.6 is 0 Å². The summed E-state index contributed by atoms with van der Waals surface area (Å²) >= 11 is 0. The Morgan fingerprint density at radius 2 is 0.740 bits per heavy atom. The van der Waals surface area contributed by atoms with Crippen molar-refractivity contribution in [2.45, 2.75) is 245 Å². The molecule has 2 unspecified atom stereocenters. The molecule has 0 saturated carbocycles. The molecule has 0 aromatic carbocycles. The second-order valence-corrected chi connectivity index (χ2v) is 21.3. The van der Waals surface area contributed by atoms with Gasteiger partial charge in [-0.25, -0.2) is 0 Å². The molecule has 0 aromatic rings. The van der Waals surface area contributed by atoms with E-state index < -0.39 is 24.3 Å². The molecule has 2 atom stereocenters. The van der Waals surface area contributed by atoms with Gasteiger partial charge in [0.2, 0.25) is 0 Å². The number of carboxylic acids is 1. The summed E-state index contributed by atoms with van der Waals surface area (Å²) in [6, 6.07) is 0. The lowest BCUT2D eigenvalue weighted by Crippen LogP contribution is -2.44. The van der Waals surface area contributed by atoms with E-state index >= 15 is 0 Å². The summed E-state index contributed by atoms with van der Waals surface area (Å²) in [5, 5.41) is 11.8. The smallest absolute Gasteiger partial charge is 0.306 e. The van der Waals surface area contributed by atoms with E-state index in [1.165, 1.54) is 89.9 Å². The normalized spacial score (nSPS) is 13.6. The number of carboxylic acid groups (broad SMARTS) is 1. The van der Waals surface area contributed by atoms with Crippen LogP contribution in [0.15, 0.2) is 122 Å². The SMILES string of the molecule is CC/C=C\C/C=C\C/C=C\C/C=C\C/C=C\C/C=C\C/C=C\C/C=C\C/C=C\C/C=C\CCCCCCCCCCC(=O)OC(COC(=O)CCCCCCCCCCCCCCC)COC(OCC[N+](C)(C)C)C(=O)[O-]. The summed E-state index contributed by atoms with van der Waals surface area (Å²) in [4.78, 5) is 37.2. The maximum absolute atomic E-state index is 12.9. The number of quaternary nitrogens is 1. The first-order valence-corrected chi connectivity index (χ1v) is 30.7. The molecule has 0 rings (SSSR count). The molecule has 0 bridgehead atoms. The fourth-order valence-electron chi connectivity index (χ4n) is 8.03. The van der Waals surface area contributed by atoms with Crippen molar-refractivity contribution in [3.05, 3.63) is 122 Å². The Bertz CT molecular complexity index is 1670. The second-order valence-electron chi connectivity index (χ2n) is 21.3. The first kappa shape index (κ1) is 72.7. The van der Waals surface area contributed by atoms with E-state index in [2.05, 4.69) is 135 Å². The number of hydrogen-bond acceptors (Lipinski definition) is 8. The average molecular weight is 1070 g/mol. The van der Waals surface area contributed by atoms with Crippen LogP contribution in [0, 0.1) is 0 Å². The standard InChI is InChI=1S/C68H113NO8/c1-6-8-10-12-14-16-18-20-21-22-23-24-25-26-27-28-29-30-31-32-33-34-35-36-37-38-39-40-41-42-43-44-45-47-49-51-53-55-57-59-66(71)77-64(63-76-68(67(72)73)74-61-60-69(3,4)5)62-75-65(70)58-56-54-52-50-48-46-19-17-15-13-11-9-7-2/h8,10,14,16,20-21,23-24,26-27,29-30,32-33,35-36,38-39,41-42,64,68H,6-7,9,11-13,15,17-19,22,25,28,31,34,37,40,43-63H2,1-5H3/b10-8-,16-14-,21-20-,24-23-,27-26-,30-29-,33-32-,36-35-,39-38-,42-41-. The number of unbranched alkanes of at least 4 members (excludes halogenated alkanes) is 20. The maximum Gasteiger partial charge on any atom is 0.306 e. The number of carbonyl (C=O) groups excluding carboxylic acids is 3. The van der Waals surface area contributed by atoms with E-state index in [1.807, 2.05) is 21.1 Å². The van der Waals surface area contributed by atoms with E-state index in [1.54, 1.807) is 0 Å². The molecular weight excluding hydrogens is 959 g/mol. The molecule has 0 aliphatic heterocycles. The molecule has 0 radical (unpaired) electrons. The van der Waals surface area contributed by atoms with Crippen molar-refractivity contribution in [3.63, 3.8) is 0 Å². The lowest BCUT2D eigenvalue weighted by Gasteiger charge is -2.26. The lowest BCUT2D eigenvalue weighted by molar-refractivity contribution is -0.870. The van der Waals surface area contributed by atoms with Gasteiger partial charge in [-0.1, -0.05) is 251 Å². The summed E-state index contributed by atoms with van der Waals surface area (Å²) in [6.45, 7) is 4.61. The summed E-state index contributed by atoms with van der Waals surface area (Å²) < 4.78 is 22.7. The molecule has 0 saturated heterocycles. The molecule has 9 nitrogen and oxygen atoms in total. The Kier molecular flexibility index (Phi) is 54.6. The Labute approximate surface area is 472 Å². The fraction of sp³-hybridized carbons (Fsp3) is 0.662. The van der Waals surface area contributed by atoms with E-state index in [-0.39, 0.29) is 38.6 Å². The van der Waals surface area contributed by atoms with Crippen LogP contribution in [0.3, 0.4) is 0 Å². The molecule has 0 N–H and O–H groups in total. The number of carbonyl (C=O) groups is 3. The van der Waals surface area contributed by atoms with Crippen molar-refractivity contribution in [3.8, 4) is 0 Å². The molecule has 0 aliphatic carbocycles. The largest absolute Gasteiger partial charge is 0.545 e. The van der Waals surface area contributed by atoms with E-state index in [0.717, 1.165) is 109 Å². The molecule has 0 heterocycles. The topological polar surface area (TPSA) is 111 Å². The van der Waals surface area contributed by atoms with E-state index in [9.17, 15) is 19.5 Å². The van der Waals surface area contributed by atoms with Gasteiger partial charge in [0.1, 0.15) is 13.2 Å². The van der Waals surface area contributed by atoms with E-state index in [4.69, 9.17) is 18.9 Å². The highest BCUT2D eigenvalue weighted by atomic mass is 16.7. The number of hydrogen-bond donors (Lipinski definition) is 0. The van der Waals surface area contributed by atoms with Crippen molar-refractivity contribution >= 4 is 17.9 Å². The number of ether oxygens (including phenoxy) is 4. The van der Waals surface area contributed by atoms with Crippen LogP contribution in [0.1, 0.15) is 232 Å². The van der Waals surface area contributed by atoms with Crippen LogP contribution in [0.4, 0.5) is 0 Å². The quantitative estimate of drug-likeness (QED) is 0.0195. The van der Waals surface area contributed by atoms with Crippen LogP contribution in [0.25, 0.3) is 0 Å². The Morgan fingerprint density at radius 3 is 1.10 bits per heavy atom. The highest BCUT2D eigenvalue weighted by Crippen LogP contribution is 2.15. The van der Waals surface area contributed by atoms with Gasteiger partial charge in [-0.15, -0.1) is 0 Å². The van der Waals surface area contributed by atoms with Gasteiger partial charge in [0.15, 0.2) is 12.4 Å². The molecule has 0 amide bonds. The zero-order valence-corrected chi connectivity index (χ0v) is 49.8. The molecule has 0 spiro atoms. The zero-order valence-electron chi connectivity index (χ0n) is 49.8. The van der Waals surface area contributed by atoms with Gasteiger partial charge in [0.25, 0.3) is 0 Å². The molecular formula is C68H113NO8. The van der Waals surface area contributed by atoms with Gasteiger partial charge < -0.3 is 33.3 Å². The third kappa shape index (κ3) is 59.2. The summed E-state index contributed by atoms with van der Waals surface area (Å²) in [5.74, 6) is -2.30. The van der Waals surface area contributed by atoms with Crippen molar-refractivity contribution in [1.82, 2.24) is 0 Å². The lowest BCUT2D eigenvalue weighted by atomic mass is 10.0. The number of rotatable bonds is 55. The first-order chi connectivity index (χ1) is 37.6. The van der Waals surface area contributed by atoms with Crippen LogP contribution in [-0.4, -0.2) is 82.3 Å². The number of allylic oxidation sites excluding steroid dienone is 20. The minimum atomic E-state index is -1.63. The molecule has 0 aromatic heterocycles. The third-order valence-corrected chi connectivity index (χ3v) is 12.7. The van der Waals surface area contributed by atoms with Crippen molar-refractivity contribution in [2.75, 3.05) is 47.5 Å². The maximum atomic E-state index is 12.9. The Balaban J connectivity index is 4.16. The monoisotopic (exact) mass is 1070 g/mol. The van der Waals surface area contributed by atoms with Crippen LogP contribution in [0.2, 0.25) is 0 Å². The summed E-state index contributed by atoms with van der Waals surface area (Å²) in [6.07, 6.45) is 78.3. The van der Waals surface area contributed by atoms with Crippen molar-refractivity contribution in [1.29, 1.82) is 0 Å². The summed E-state index contributed by atoms with van der Waals surface area (Å²) in [7, 11) is 5.91. The Hall–Kier alpha value is -4.31. The van der Waals surface area contributed by atoms with Crippen LogP contribution in [-0.2, 0) is 33.3 Å². The van der Waals surface area contributed by atoms with Crippen molar-refractivity contribution < 1.29 is 42.9 Å². The number of nitrogens with zero attached hydrogens (tertiary/aromatic N) is 1. The first-order valence-electron chi connectivity index (χ1n) is 30.7. The predicted molar refractivity (Wildman–Crippen MR) is 324 cm³/mol. The summed E-state index contributed by atoms with van der Waals surface area (Å²) in [5.41, 5.74) is 0. The Morgan fingerprint density at radius 1 is 0.403 bits per heavy atom. The molecule has 0 fully saturated rings. The predicted octanol–water partition coefficient (Wildman–Crippen LogP) is 17.1. The minimum Gasteiger partial charge on any atom is -0.545 e. The molecule has 77 heavy (non-hydrogen) atoms. The van der Waals surface area contributed by atoms with Crippen LogP contribution in [0.5, 0.6) is 0 Å². The highest BCUT2D eigenvalue weighted by Gasteiger charge is 2.22. The van der Waals surface area contributed by atoms with Gasteiger partial charge in [-0.3, -0.25) is 9.59 Å². The molecule has 9 heteroatoms. The van der Waals surface area contributed by atoms with E-state index in [0.29, 0.717) is 17.4 Å². The minimum absolute atomic E-state index is 0.142. The molecule has 438 valence electrons. The number of likely N-dealkylation sites (N-methyl/N-ethyl adjacent to an activating group) is 1. The van der Waals surface area contributed by atoms with Gasteiger partial charge in [-0.05, 0) is 89.9 Å². The number of esters is 2. The van der Waals surface area contributed by atoms with Gasteiger partial charge in [-0.2, -0.15) is 0 Å². The zero-order chi connectivity index (χ0) is 56.2. The molecule has 0 aliphatic rings. The third-order valence-electron chi connectivity index (χ3n) is 12.7. The van der Waals surface area contributed by atoms with Gasteiger partial charge >= 0.3 is 11.9 Å². The van der Waals surface area contributed by atoms with Gasteiger partial charge in [0, 0.05) is 12.8 Å². The van der Waals surface area contributed by atoms with Crippen LogP contribution < -0.4 is 5.11 Å². The second kappa shape index (κ2) is 57.9. The van der Waals surface area contributed by atoms with Crippen molar-refractivity contribution in [2.24, 2.45) is 0 Å². The number of aliphatic carboxylic acids is 1.